The maximum absolute atomic E-state index is 2.99. The summed E-state index contributed by atoms with van der Waals surface area (Å²) in [6.07, 6.45) is 10.0. The maximum Gasteiger partial charge on any atom is -0.0142 e. The molecule has 0 atom stereocenters. The molecule has 3 heteroatoms. The van der Waals surface area contributed by atoms with Crippen LogP contribution in [0.25, 0.3) is 21.5 Å². The van der Waals surface area contributed by atoms with Crippen LogP contribution in [-0.4, -0.2) is 3.21 Å². The van der Waals surface area contributed by atoms with Crippen molar-refractivity contribution < 1.29 is 49.0 Å². The summed E-state index contributed by atoms with van der Waals surface area (Å²) in [5.41, 5.74) is 11.5. The minimum absolute atomic E-state index is 0. The zero-order valence-corrected chi connectivity index (χ0v) is 36.3. The number of halogens is 2. The number of rotatable bonds is 4. The van der Waals surface area contributed by atoms with E-state index in [1.165, 1.54) is 93.5 Å². The van der Waals surface area contributed by atoms with Crippen LogP contribution in [0.3, 0.4) is 0 Å². The summed E-state index contributed by atoms with van der Waals surface area (Å²) in [5.74, 6) is 1.20. The van der Waals surface area contributed by atoms with E-state index in [1.807, 2.05) is 12.2 Å². The molecule has 1 aliphatic carbocycles. The van der Waals surface area contributed by atoms with E-state index in [2.05, 4.69) is 174 Å². The van der Waals surface area contributed by atoms with Gasteiger partial charge in [-0.05, 0) is 24.7 Å². The van der Waals surface area contributed by atoms with Gasteiger partial charge in [0.2, 0.25) is 0 Å². The summed E-state index contributed by atoms with van der Waals surface area (Å²) in [7, 11) is 0. The Labute approximate surface area is 331 Å². The number of hydrogen-bond acceptors (Lipinski definition) is 0. The molecule has 0 spiro atoms. The van der Waals surface area contributed by atoms with Crippen molar-refractivity contribution >= 4 is 24.8 Å². The summed E-state index contributed by atoms with van der Waals surface area (Å²) in [6.45, 7) is 27.3. The second-order valence-electron chi connectivity index (χ2n) is 16.1. The van der Waals surface area contributed by atoms with Crippen molar-refractivity contribution in [2.24, 2.45) is 0 Å². The van der Waals surface area contributed by atoms with E-state index in [9.17, 15) is 0 Å². The van der Waals surface area contributed by atoms with Gasteiger partial charge >= 0.3 is 138 Å². The van der Waals surface area contributed by atoms with Gasteiger partial charge in [-0.1, -0.05) is 75.9 Å². The van der Waals surface area contributed by atoms with Crippen LogP contribution in [0.4, 0.5) is 0 Å². The van der Waals surface area contributed by atoms with Gasteiger partial charge in [0.1, 0.15) is 0 Å². The molecule has 0 nitrogen and oxygen atoms in total. The fourth-order valence-electron chi connectivity index (χ4n) is 6.44. The number of fused-ring (bicyclic) bond motifs is 3. The molecular weight excluding hydrogens is 727 g/mol. The summed E-state index contributed by atoms with van der Waals surface area (Å²) in [4.78, 5) is 0. The molecule has 5 aromatic rings. The van der Waals surface area contributed by atoms with Gasteiger partial charge in [0.15, 0.2) is 0 Å². The molecule has 0 bridgehead atoms. The summed E-state index contributed by atoms with van der Waals surface area (Å²) < 4.78 is 1.43. The first-order valence-corrected chi connectivity index (χ1v) is 18.9. The van der Waals surface area contributed by atoms with E-state index in [4.69, 9.17) is 0 Å². The molecule has 5 aromatic carbocycles. The molecule has 0 heterocycles. The molecule has 0 amide bonds. The van der Waals surface area contributed by atoms with Crippen molar-refractivity contribution in [3.8, 4) is 0 Å². The van der Waals surface area contributed by atoms with E-state index in [0.29, 0.717) is 11.8 Å². The Kier molecular flexibility index (Phi) is 16.1. The Morgan fingerprint density at radius 1 is 0.680 bits per heavy atom. The van der Waals surface area contributed by atoms with Crippen molar-refractivity contribution in [1.29, 1.82) is 0 Å². The van der Waals surface area contributed by atoms with E-state index < -0.39 is 0 Å². The third kappa shape index (κ3) is 11.0. The van der Waals surface area contributed by atoms with Crippen LogP contribution in [0.1, 0.15) is 132 Å². The second-order valence-corrected chi connectivity index (χ2v) is 17.3. The van der Waals surface area contributed by atoms with Crippen molar-refractivity contribution in [2.75, 3.05) is 0 Å². The van der Waals surface area contributed by atoms with Gasteiger partial charge in [-0.15, -0.1) is 46.2 Å². The quantitative estimate of drug-likeness (QED) is 0.168. The topological polar surface area (TPSA) is 0 Å². The monoisotopic (exact) mass is 780 g/mol. The Morgan fingerprint density at radius 3 is 1.56 bits per heavy atom. The Bertz CT molecular complexity index is 1850. The van der Waals surface area contributed by atoms with Gasteiger partial charge in [-0.25, -0.2) is 12.2 Å². The molecule has 0 fully saturated rings. The van der Waals surface area contributed by atoms with Crippen LogP contribution >= 0.6 is 0 Å². The largest absolute Gasteiger partial charge is 1.00 e. The van der Waals surface area contributed by atoms with Crippen molar-refractivity contribution in [2.45, 2.75) is 112 Å². The van der Waals surface area contributed by atoms with Crippen LogP contribution in [0.2, 0.25) is 0 Å². The van der Waals surface area contributed by atoms with Gasteiger partial charge in [-0.2, -0.15) is 6.08 Å². The van der Waals surface area contributed by atoms with Crippen molar-refractivity contribution in [1.82, 2.24) is 0 Å². The first-order valence-electron chi connectivity index (χ1n) is 17.6. The van der Waals surface area contributed by atoms with E-state index in [1.54, 1.807) is 0 Å². The molecule has 0 saturated carbocycles. The van der Waals surface area contributed by atoms with Gasteiger partial charge in [-0.3, -0.25) is 6.08 Å². The average Bonchev–Trinajstić information content (AvgIpc) is 3.71. The normalized spacial score (nSPS) is 12.3. The standard InChI is InChI=1S/C23H29.C19H22.C5H5.2ClH.Zr/c1-14-9-17-12-16-11-15(2)19(22(3,4)5)13-18(16)21(17)20(10-14)23(6,7)8;1-14(2)18-9-5-16(6-10-18)13-17-7-11-19(12-8-17)15(3)4;1-2-4-5-3-1;;;/h9-13H,1-8H3;5-12,14-15H,1-4H3;1-3H,4H2;2*1H;/q-1;;-1;;;+2/p-2. The summed E-state index contributed by atoms with van der Waals surface area (Å²) in [6, 6.07) is 29.9. The minimum Gasteiger partial charge on any atom is -1.00 e. The zero-order chi connectivity index (χ0) is 35.4. The number of allylic oxidation sites excluding steroid dienone is 4. The van der Waals surface area contributed by atoms with Crippen LogP contribution in [0.5, 0.6) is 0 Å². The molecule has 50 heavy (non-hydrogen) atoms. The smallest absolute Gasteiger partial charge is 0.0142 e. The average molecular weight is 783 g/mol. The number of benzene rings is 4. The second kappa shape index (κ2) is 18.4. The van der Waals surface area contributed by atoms with E-state index in [-0.39, 0.29) is 35.6 Å². The minimum atomic E-state index is 0. The molecular formula is C47H56Cl2Zr-2. The molecule has 0 aliphatic heterocycles. The Morgan fingerprint density at radius 2 is 1.18 bits per heavy atom. The van der Waals surface area contributed by atoms with Crippen LogP contribution < -0.4 is 24.8 Å². The van der Waals surface area contributed by atoms with E-state index in [0.717, 1.165) is 6.42 Å². The summed E-state index contributed by atoms with van der Waals surface area (Å²) in [5, 5.41) is 5.63. The van der Waals surface area contributed by atoms with Crippen molar-refractivity contribution in [3.05, 3.63) is 148 Å². The molecule has 1 aliphatic rings. The van der Waals surface area contributed by atoms with Crippen LogP contribution in [-0.2, 0) is 35.1 Å². The number of aryl methyl sites for hydroxylation is 2. The number of hydrogen-bond donors (Lipinski definition) is 0. The SMILES string of the molecule is CC(C)c1ccc([C](=[Zr+2])c2ccc(C(C)C)cc2)cc1.Cc1cc(C(C)(C)C)c2c(c1)[cH-]c1cc(C)c(C(C)(C)C)cc12.[C-]1=CC=CC1.[Cl-].[Cl-]. The third-order valence-electron chi connectivity index (χ3n) is 9.22. The first-order chi connectivity index (χ1) is 22.5. The van der Waals surface area contributed by atoms with Gasteiger partial charge in [0.05, 0.1) is 0 Å². The molecule has 6 rings (SSSR count). The fraction of sp³-hybridized carbons (Fsp3) is 0.362. The molecule has 0 N–H and O–H groups in total. The van der Waals surface area contributed by atoms with Gasteiger partial charge in [0.25, 0.3) is 0 Å². The van der Waals surface area contributed by atoms with Gasteiger partial charge in [0, 0.05) is 0 Å². The Hall–Kier alpha value is -2.44. The fourth-order valence-corrected chi connectivity index (χ4v) is 7.26. The first kappa shape index (κ1) is 43.7. The van der Waals surface area contributed by atoms with E-state index >= 15 is 0 Å². The predicted octanol–water partition coefficient (Wildman–Crippen LogP) is 7.29. The van der Waals surface area contributed by atoms with Crippen LogP contribution in [0, 0.1) is 19.9 Å². The molecule has 0 aromatic heterocycles. The Balaban J connectivity index is 0.000000295. The molecule has 0 unspecified atom stereocenters. The zero-order valence-electron chi connectivity index (χ0n) is 32.4. The molecule has 0 saturated heterocycles. The third-order valence-corrected chi connectivity index (χ3v) is 10.6. The molecule has 0 radical (unpaired) electrons. The summed E-state index contributed by atoms with van der Waals surface area (Å²) >= 11 is 1.47. The molecule has 264 valence electrons. The van der Waals surface area contributed by atoms with Crippen molar-refractivity contribution in [3.63, 3.8) is 0 Å². The maximum atomic E-state index is 2.99. The predicted molar refractivity (Wildman–Crippen MR) is 210 cm³/mol. The van der Waals surface area contributed by atoms with Crippen LogP contribution in [0.15, 0.2) is 97.1 Å². The van der Waals surface area contributed by atoms with Gasteiger partial charge < -0.3 is 24.8 Å².